The smallest absolute Gasteiger partial charge is 0.257 e. The molecule has 4 aromatic rings. The molecule has 36 heavy (non-hydrogen) atoms. The molecular weight excluding hydrogens is 450 g/mol. The molecule has 4 heterocycles. The molecule has 1 saturated heterocycles. The highest BCUT2D eigenvalue weighted by molar-refractivity contribution is 6.04. The number of imidazole rings is 1. The van der Waals surface area contributed by atoms with E-state index in [1.165, 1.54) is 17.5 Å². The van der Waals surface area contributed by atoms with Gasteiger partial charge in [0, 0.05) is 49.5 Å². The number of hydrogen-bond donors (Lipinski definition) is 1. The average molecular weight is 480 g/mol. The summed E-state index contributed by atoms with van der Waals surface area (Å²) in [7, 11) is 2.18. The topological polar surface area (TPSA) is 78.7 Å². The fourth-order valence-electron chi connectivity index (χ4n) is 4.34. The highest BCUT2D eigenvalue weighted by atomic mass is 16.1. The lowest BCUT2D eigenvalue weighted by molar-refractivity contribution is 0.102. The molecular formula is C28H29N7O. The van der Waals surface area contributed by atoms with E-state index < -0.39 is 0 Å². The van der Waals surface area contributed by atoms with Crippen LogP contribution in [0, 0.1) is 18.8 Å². The second-order valence-electron chi connectivity index (χ2n) is 9.18. The van der Waals surface area contributed by atoms with Gasteiger partial charge in [-0.25, -0.2) is 9.50 Å². The van der Waals surface area contributed by atoms with Crippen LogP contribution in [0.1, 0.15) is 39.2 Å². The van der Waals surface area contributed by atoms with Gasteiger partial charge in [0.25, 0.3) is 5.91 Å². The van der Waals surface area contributed by atoms with E-state index in [4.69, 9.17) is 0 Å². The van der Waals surface area contributed by atoms with Crippen LogP contribution in [0.25, 0.3) is 5.65 Å². The monoisotopic (exact) mass is 479 g/mol. The SMILES string of the molecule is Cc1cc(NC(=O)c2cncc(C#Cc3cnc4cccnn34)c2)ccc1CN1CCCN(C)CC1. The Morgan fingerprint density at radius 1 is 1.06 bits per heavy atom. The quantitative estimate of drug-likeness (QED) is 0.453. The number of fused-ring (bicyclic) bond motifs is 1. The Bertz CT molecular complexity index is 1450. The van der Waals surface area contributed by atoms with Crippen molar-refractivity contribution in [2.45, 2.75) is 19.9 Å². The fourth-order valence-corrected chi connectivity index (χ4v) is 4.34. The summed E-state index contributed by atoms with van der Waals surface area (Å²) >= 11 is 0. The van der Waals surface area contributed by atoms with Gasteiger partial charge in [0.15, 0.2) is 5.65 Å². The minimum atomic E-state index is -0.217. The second-order valence-corrected chi connectivity index (χ2v) is 9.18. The largest absolute Gasteiger partial charge is 0.322 e. The summed E-state index contributed by atoms with van der Waals surface area (Å²) < 4.78 is 1.67. The summed E-state index contributed by atoms with van der Waals surface area (Å²) in [6, 6.07) is 11.6. The number of aromatic nitrogens is 4. The van der Waals surface area contributed by atoms with Gasteiger partial charge in [-0.15, -0.1) is 0 Å². The lowest BCUT2D eigenvalue weighted by atomic mass is 10.1. The molecule has 3 aromatic heterocycles. The van der Waals surface area contributed by atoms with Crippen molar-refractivity contribution in [3.05, 3.63) is 89.1 Å². The van der Waals surface area contributed by atoms with Crippen molar-refractivity contribution >= 4 is 17.2 Å². The van der Waals surface area contributed by atoms with Gasteiger partial charge in [-0.05, 0) is 80.9 Å². The van der Waals surface area contributed by atoms with Crippen molar-refractivity contribution in [3.8, 4) is 11.8 Å². The molecule has 0 aliphatic carbocycles. The van der Waals surface area contributed by atoms with E-state index in [9.17, 15) is 4.79 Å². The first-order valence-corrected chi connectivity index (χ1v) is 12.1. The van der Waals surface area contributed by atoms with Crippen molar-refractivity contribution in [3.63, 3.8) is 0 Å². The normalized spacial score (nSPS) is 14.7. The number of rotatable bonds is 4. The second kappa shape index (κ2) is 10.7. The molecule has 0 atom stereocenters. The third-order valence-corrected chi connectivity index (χ3v) is 6.42. The first-order valence-electron chi connectivity index (χ1n) is 12.1. The lowest BCUT2D eigenvalue weighted by Crippen LogP contribution is -2.28. The number of likely N-dealkylation sites (N-methyl/N-ethyl adjacent to an activating group) is 1. The van der Waals surface area contributed by atoms with E-state index in [0.29, 0.717) is 16.8 Å². The zero-order valence-corrected chi connectivity index (χ0v) is 20.6. The van der Waals surface area contributed by atoms with E-state index in [2.05, 4.69) is 62.1 Å². The zero-order chi connectivity index (χ0) is 24.9. The third-order valence-electron chi connectivity index (χ3n) is 6.42. The number of anilines is 1. The summed E-state index contributed by atoms with van der Waals surface area (Å²) in [5.41, 5.74) is 5.72. The molecule has 1 N–H and O–H groups in total. The summed E-state index contributed by atoms with van der Waals surface area (Å²) in [5, 5.41) is 7.26. The number of nitrogens with zero attached hydrogens (tertiary/aromatic N) is 6. The highest BCUT2D eigenvalue weighted by Gasteiger charge is 2.14. The van der Waals surface area contributed by atoms with Crippen molar-refractivity contribution in [1.82, 2.24) is 29.4 Å². The van der Waals surface area contributed by atoms with Crippen LogP contribution in [-0.2, 0) is 6.54 Å². The maximum Gasteiger partial charge on any atom is 0.257 e. The van der Waals surface area contributed by atoms with Crippen molar-refractivity contribution in [2.75, 3.05) is 38.5 Å². The lowest BCUT2D eigenvalue weighted by Gasteiger charge is -2.21. The molecule has 0 radical (unpaired) electrons. The van der Waals surface area contributed by atoms with Crippen molar-refractivity contribution in [2.24, 2.45) is 0 Å². The van der Waals surface area contributed by atoms with E-state index in [1.807, 2.05) is 24.3 Å². The Labute approximate surface area is 211 Å². The Kier molecular flexibility index (Phi) is 7.03. The number of amides is 1. The first-order chi connectivity index (χ1) is 17.5. The van der Waals surface area contributed by atoms with E-state index >= 15 is 0 Å². The number of hydrogen-bond acceptors (Lipinski definition) is 6. The van der Waals surface area contributed by atoms with Crippen molar-refractivity contribution in [1.29, 1.82) is 0 Å². The molecule has 0 spiro atoms. The summed E-state index contributed by atoms with van der Waals surface area (Å²) in [5.74, 6) is 5.91. The van der Waals surface area contributed by atoms with Gasteiger partial charge in [0.2, 0.25) is 0 Å². The van der Waals surface area contributed by atoms with Crippen LogP contribution in [0.5, 0.6) is 0 Å². The molecule has 1 aromatic carbocycles. The number of pyridine rings is 1. The van der Waals surface area contributed by atoms with Gasteiger partial charge < -0.3 is 10.2 Å². The minimum Gasteiger partial charge on any atom is -0.322 e. The van der Waals surface area contributed by atoms with Gasteiger partial charge in [-0.3, -0.25) is 14.7 Å². The predicted octanol–water partition coefficient (Wildman–Crippen LogP) is 3.22. The third kappa shape index (κ3) is 5.60. The maximum atomic E-state index is 12.9. The Balaban J connectivity index is 1.25. The Morgan fingerprint density at radius 3 is 2.86 bits per heavy atom. The number of aryl methyl sites for hydroxylation is 1. The molecule has 1 aliphatic rings. The van der Waals surface area contributed by atoms with Crippen LogP contribution in [-0.4, -0.2) is 68.5 Å². The molecule has 8 nitrogen and oxygen atoms in total. The standard InChI is InChI=1S/C28H29N7O/c1-21-15-25(8-7-23(21)20-34-12-4-11-33(2)13-14-34)32-28(36)24-16-22(17-29-18-24)6-9-26-19-30-27-5-3-10-31-35(26)27/h3,5,7-8,10,15-19H,4,11-14,20H2,1-2H3,(H,32,36). The zero-order valence-electron chi connectivity index (χ0n) is 20.6. The Hall–Kier alpha value is -4.06. The molecule has 0 saturated carbocycles. The average Bonchev–Trinajstić information content (AvgIpc) is 3.19. The summed E-state index contributed by atoms with van der Waals surface area (Å²) in [6.45, 7) is 7.47. The van der Waals surface area contributed by atoms with Crippen LogP contribution < -0.4 is 5.32 Å². The molecule has 1 fully saturated rings. The van der Waals surface area contributed by atoms with Gasteiger partial charge in [-0.1, -0.05) is 12.0 Å². The van der Waals surface area contributed by atoms with Gasteiger partial charge in [-0.2, -0.15) is 5.10 Å². The van der Waals surface area contributed by atoms with Crippen LogP contribution in [0.3, 0.4) is 0 Å². The van der Waals surface area contributed by atoms with Crippen LogP contribution >= 0.6 is 0 Å². The molecule has 5 rings (SSSR count). The maximum absolute atomic E-state index is 12.9. The molecule has 1 amide bonds. The molecule has 0 bridgehead atoms. The van der Waals surface area contributed by atoms with E-state index in [0.717, 1.165) is 44.1 Å². The van der Waals surface area contributed by atoms with E-state index in [1.54, 1.807) is 35.4 Å². The molecule has 0 unspecified atom stereocenters. The van der Waals surface area contributed by atoms with Crippen LogP contribution in [0.4, 0.5) is 5.69 Å². The van der Waals surface area contributed by atoms with Crippen molar-refractivity contribution < 1.29 is 4.79 Å². The number of nitrogens with one attached hydrogen (secondary N) is 1. The molecule has 182 valence electrons. The minimum absolute atomic E-state index is 0.217. The molecule has 1 aliphatic heterocycles. The van der Waals surface area contributed by atoms with Gasteiger partial charge >= 0.3 is 0 Å². The fraction of sp³-hybridized carbons (Fsp3) is 0.286. The summed E-state index contributed by atoms with van der Waals surface area (Å²) in [6.07, 6.45) is 7.75. The summed E-state index contributed by atoms with van der Waals surface area (Å²) in [4.78, 5) is 26.3. The van der Waals surface area contributed by atoms with Crippen LogP contribution in [0.2, 0.25) is 0 Å². The van der Waals surface area contributed by atoms with Crippen LogP contribution in [0.15, 0.2) is 61.2 Å². The predicted molar refractivity (Wildman–Crippen MR) is 140 cm³/mol. The number of benzene rings is 1. The number of carbonyl (C=O) groups excluding carboxylic acids is 1. The Morgan fingerprint density at radius 2 is 1.97 bits per heavy atom. The van der Waals surface area contributed by atoms with E-state index in [-0.39, 0.29) is 5.91 Å². The first kappa shape index (κ1) is 23.7. The van der Waals surface area contributed by atoms with Gasteiger partial charge in [0.1, 0.15) is 5.69 Å². The number of carbonyl (C=O) groups is 1. The highest BCUT2D eigenvalue weighted by Crippen LogP contribution is 2.19. The molecule has 8 heteroatoms. The van der Waals surface area contributed by atoms with Gasteiger partial charge in [0.05, 0.1) is 11.8 Å².